The third-order valence-corrected chi connectivity index (χ3v) is 8.52. The number of aromatic nitrogens is 3. The molecule has 10 rings (SSSR count). The van der Waals surface area contributed by atoms with E-state index in [4.69, 9.17) is 20.6 Å². The van der Waals surface area contributed by atoms with Crippen LogP contribution < -0.4 is 0 Å². The molecule has 0 aliphatic rings. The zero-order valence-electron chi connectivity index (χ0n) is 51.5. The minimum absolute atomic E-state index is 0.237. The first-order valence-electron chi connectivity index (χ1n) is 28.3. The molecule has 0 N–H and O–H groups in total. The molecular weight excluding hydrogens is 655 g/mol. The van der Waals surface area contributed by atoms with Gasteiger partial charge >= 0.3 is 0 Å². The smallest absolute Gasteiger partial charge is 0.164 e. The molecular formula is C51H33N3. The maximum Gasteiger partial charge on any atom is 0.164 e. The Bertz CT molecular complexity index is 4250. The normalized spacial score (nSPS) is 17.6. The molecule has 3 heteroatoms. The van der Waals surface area contributed by atoms with Crippen molar-refractivity contribution in [2.75, 3.05) is 0 Å². The molecule has 3 nitrogen and oxygen atoms in total. The summed E-state index contributed by atoms with van der Waals surface area (Å²) < 4.78 is 214. The molecule has 0 atom stereocenters. The number of benzene rings is 9. The summed E-state index contributed by atoms with van der Waals surface area (Å²) in [5, 5.41) is -2.75. The Morgan fingerprint density at radius 3 is 1.28 bits per heavy atom. The van der Waals surface area contributed by atoms with Crippen molar-refractivity contribution in [3.05, 3.63) is 200 Å². The van der Waals surface area contributed by atoms with Gasteiger partial charge in [0, 0.05) is 16.7 Å². The van der Waals surface area contributed by atoms with E-state index in [9.17, 15) is 12.3 Å². The minimum atomic E-state index is -0.943. The van der Waals surface area contributed by atoms with Gasteiger partial charge in [0.2, 0.25) is 0 Å². The largest absolute Gasteiger partial charge is 0.208 e. The van der Waals surface area contributed by atoms with Crippen LogP contribution in [0.5, 0.6) is 0 Å². The highest BCUT2D eigenvalue weighted by molar-refractivity contribution is 6.25. The van der Waals surface area contributed by atoms with Gasteiger partial charge in [-0.3, -0.25) is 0 Å². The molecule has 0 unspecified atom stereocenters. The van der Waals surface area contributed by atoms with E-state index in [1.165, 1.54) is 0 Å². The lowest BCUT2D eigenvalue weighted by Gasteiger charge is -2.13. The van der Waals surface area contributed by atoms with Gasteiger partial charge in [-0.15, -0.1) is 0 Å². The van der Waals surface area contributed by atoms with Crippen molar-refractivity contribution in [1.29, 1.82) is 0 Å². The lowest BCUT2D eigenvalue weighted by Crippen LogP contribution is -2.01. The van der Waals surface area contributed by atoms with Crippen LogP contribution in [0.25, 0.3) is 99.9 Å². The van der Waals surface area contributed by atoms with Crippen molar-refractivity contribution >= 4 is 32.3 Å². The Labute approximate surface area is 347 Å². The number of hydrogen-bond donors (Lipinski definition) is 0. The van der Waals surface area contributed by atoms with Crippen LogP contribution in [0.15, 0.2) is 200 Å². The second kappa shape index (κ2) is 13.4. The molecule has 54 heavy (non-hydrogen) atoms. The highest BCUT2D eigenvalue weighted by Crippen LogP contribution is 2.38. The summed E-state index contributed by atoms with van der Waals surface area (Å²) in [7, 11) is 0. The summed E-state index contributed by atoms with van der Waals surface area (Å²) in [5.41, 5.74) is -2.53. The van der Waals surface area contributed by atoms with Crippen LogP contribution in [0.4, 0.5) is 0 Å². The van der Waals surface area contributed by atoms with Crippen molar-refractivity contribution in [3.8, 4) is 67.5 Å². The maximum absolute atomic E-state index is 9.69. The third-order valence-electron chi connectivity index (χ3n) is 8.52. The Morgan fingerprint density at radius 1 is 0.278 bits per heavy atom. The average Bonchev–Trinajstić information content (AvgIpc) is 3.23. The summed E-state index contributed by atoms with van der Waals surface area (Å²) in [6, 6.07) is -4.31. The van der Waals surface area contributed by atoms with E-state index in [2.05, 4.69) is 15.0 Å². The van der Waals surface area contributed by atoms with E-state index in [0.717, 1.165) is 0 Å². The molecule has 1 aromatic heterocycles. The van der Waals surface area contributed by atoms with Gasteiger partial charge in [-0.2, -0.15) is 0 Å². The van der Waals surface area contributed by atoms with Gasteiger partial charge < -0.3 is 0 Å². The van der Waals surface area contributed by atoms with E-state index in [-0.39, 0.29) is 11.4 Å². The molecule has 0 aliphatic carbocycles. The highest BCUT2D eigenvalue weighted by atomic mass is 15.0. The van der Waals surface area contributed by atoms with E-state index in [1.54, 1.807) is 54.6 Å². The van der Waals surface area contributed by atoms with Crippen LogP contribution in [0, 0.1) is 0 Å². The standard InChI is InChI=1S/C51H33N3/c1-3-13-34(14-4-1)35-23-27-38(28-24-35)49-52-50(54-51(53-49)47-22-12-7-17-41(47)37-15-5-2-6-16-37)39-29-25-36(26-30-39)40-31-32-46-44-20-9-8-18-42(44)43-19-10-11-21-45(43)48(46)33-40/h1-33H/i1D,3D,4D,8D,9D,10D,11D,13D,14D,18D,19D,20D,21D,23D,24D,25D,26D,27D,28D,29D,30D,31D,32D,33D. The molecule has 252 valence electrons. The van der Waals surface area contributed by atoms with Gasteiger partial charge in [0.25, 0.3) is 0 Å². The second-order valence-corrected chi connectivity index (χ2v) is 11.7. The molecule has 0 saturated carbocycles. The summed E-state index contributed by atoms with van der Waals surface area (Å²) in [6.45, 7) is 0. The van der Waals surface area contributed by atoms with Crippen LogP contribution >= 0.6 is 0 Å². The van der Waals surface area contributed by atoms with Crippen molar-refractivity contribution in [3.63, 3.8) is 0 Å². The van der Waals surface area contributed by atoms with Gasteiger partial charge in [0.1, 0.15) is 0 Å². The Hall–Kier alpha value is -7.23. The SMILES string of the molecule is [2H]c1c([2H])c([2H])c(-c2c([2H])c([2H])c(-c3nc(-c4ccccc4-c4ccccc4)nc(-c4c([2H])c([2H])c(-c5c([2H])c([2H])c6c7c([2H])c([2H])c([2H])c([2H])c7c7c([2H])c([2H])c([2H])c([2H])c7c6c5[2H])c([2H])c4[2H])n3)c([2H])c2[2H])c([2H])c1[2H]. The number of fused-ring (bicyclic) bond motifs is 6. The first-order valence-corrected chi connectivity index (χ1v) is 16.3. The fraction of sp³-hybridized carbons (Fsp3) is 0. The maximum atomic E-state index is 9.69. The predicted molar refractivity (Wildman–Crippen MR) is 225 cm³/mol. The summed E-state index contributed by atoms with van der Waals surface area (Å²) in [5.74, 6) is -1.45. The van der Waals surface area contributed by atoms with Crippen LogP contribution in [0.2, 0.25) is 0 Å². The summed E-state index contributed by atoms with van der Waals surface area (Å²) >= 11 is 0. The van der Waals surface area contributed by atoms with E-state index in [1.807, 2.05) is 0 Å². The van der Waals surface area contributed by atoms with Crippen molar-refractivity contribution in [2.45, 2.75) is 0 Å². The third kappa shape index (κ3) is 5.69. The van der Waals surface area contributed by atoms with Crippen LogP contribution in [-0.4, -0.2) is 15.0 Å². The minimum Gasteiger partial charge on any atom is -0.208 e. The first-order chi connectivity index (χ1) is 36.8. The number of nitrogens with zero attached hydrogens (tertiary/aromatic N) is 3. The number of hydrogen-bond acceptors (Lipinski definition) is 3. The molecule has 0 radical (unpaired) electrons. The molecule has 9 aromatic carbocycles. The topological polar surface area (TPSA) is 38.7 Å². The van der Waals surface area contributed by atoms with Crippen molar-refractivity contribution in [1.82, 2.24) is 15.0 Å². The summed E-state index contributed by atoms with van der Waals surface area (Å²) in [6.07, 6.45) is 0. The monoisotopic (exact) mass is 711 g/mol. The summed E-state index contributed by atoms with van der Waals surface area (Å²) in [4.78, 5) is 13.7. The van der Waals surface area contributed by atoms with Crippen molar-refractivity contribution < 1.29 is 32.9 Å². The molecule has 0 saturated heterocycles. The van der Waals surface area contributed by atoms with Crippen LogP contribution in [0.3, 0.4) is 0 Å². The Morgan fingerprint density at radius 2 is 0.685 bits per heavy atom. The lowest BCUT2D eigenvalue weighted by atomic mass is 9.92. The van der Waals surface area contributed by atoms with Crippen LogP contribution in [-0.2, 0) is 0 Å². The second-order valence-electron chi connectivity index (χ2n) is 11.7. The van der Waals surface area contributed by atoms with Crippen LogP contribution in [0.1, 0.15) is 32.9 Å². The van der Waals surface area contributed by atoms with Gasteiger partial charge in [0.15, 0.2) is 17.5 Å². The molecule has 1 heterocycles. The Kier molecular flexibility index (Phi) is 3.82. The molecule has 0 fully saturated rings. The quantitative estimate of drug-likeness (QED) is 0.161. The molecule has 0 amide bonds. The molecule has 0 bridgehead atoms. The van der Waals surface area contributed by atoms with Crippen molar-refractivity contribution in [2.24, 2.45) is 0 Å². The predicted octanol–water partition coefficient (Wildman–Crippen LogP) is 13.3. The van der Waals surface area contributed by atoms with Gasteiger partial charge in [0.05, 0.1) is 32.9 Å². The number of rotatable bonds is 6. The van der Waals surface area contributed by atoms with Gasteiger partial charge in [-0.1, -0.05) is 194 Å². The Balaban J connectivity index is 1.29. The molecule has 10 aromatic rings. The van der Waals surface area contributed by atoms with E-state index < -0.39 is 222 Å². The van der Waals surface area contributed by atoms with E-state index in [0.29, 0.717) is 11.1 Å². The zero-order valence-corrected chi connectivity index (χ0v) is 27.5. The van der Waals surface area contributed by atoms with Gasteiger partial charge in [-0.25, -0.2) is 15.0 Å². The molecule has 0 spiro atoms. The first kappa shape index (κ1) is 15.4. The molecule has 0 aliphatic heterocycles. The highest BCUT2D eigenvalue weighted by Gasteiger charge is 2.16. The van der Waals surface area contributed by atoms with E-state index >= 15 is 0 Å². The zero-order chi connectivity index (χ0) is 56.7. The van der Waals surface area contributed by atoms with Gasteiger partial charge in [-0.05, 0) is 71.7 Å². The average molecular weight is 712 g/mol. The fourth-order valence-electron chi connectivity index (χ4n) is 6.02. The fourth-order valence-corrected chi connectivity index (χ4v) is 6.02. The lowest BCUT2D eigenvalue weighted by molar-refractivity contribution is 1.07.